The van der Waals surface area contributed by atoms with Crippen LogP contribution in [0.5, 0.6) is 0 Å². The molecule has 4 heterocycles. The number of nitrogens with two attached hydrogens (primary N) is 1. The Balaban J connectivity index is 1.66. The number of imidazole rings is 1. The van der Waals surface area contributed by atoms with Crippen LogP contribution in [0.3, 0.4) is 0 Å². The van der Waals surface area contributed by atoms with E-state index in [-0.39, 0.29) is 6.17 Å². The zero-order valence-corrected chi connectivity index (χ0v) is 15.2. The maximum atomic E-state index is 6.07. The van der Waals surface area contributed by atoms with Crippen LogP contribution in [-0.2, 0) is 6.54 Å². The normalized spacial score (nSPS) is 16.2. The van der Waals surface area contributed by atoms with Crippen LogP contribution in [0.25, 0.3) is 11.0 Å². The van der Waals surface area contributed by atoms with Gasteiger partial charge in [-0.05, 0) is 44.2 Å². The zero-order chi connectivity index (χ0) is 18.5. The lowest BCUT2D eigenvalue weighted by molar-refractivity contribution is 0.488. The highest BCUT2D eigenvalue weighted by Crippen LogP contribution is 2.35. The topological polar surface area (TPSA) is 86.3 Å². The summed E-state index contributed by atoms with van der Waals surface area (Å²) in [6.07, 6.45) is 1.44. The Morgan fingerprint density at radius 1 is 1.19 bits per heavy atom. The van der Waals surface area contributed by atoms with Crippen LogP contribution < -0.4 is 11.1 Å². The minimum Gasteiger partial charge on any atom is -0.467 e. The Kier molecular flexibility index (Phi) is 3.36. The predicted molar refractivity (Wildman–Crippen MR) is 105 cm³/mol. The SMILES string of the molecule is Cc1cc([C@@H]2N=C(N)Nc3nc4ccccc4n32)c(C)n1Cc1ccco1. The molecule has 4 aromatic rings. The summed E-state index contributed by atoms with van der Waals surface area (Å²) in [5.74, 6) is 2.01. The standard InChI is InChI=1S/C20H20N6O/c1-12-10-15(13(2)25(12)11-14-6-5-9-27-14)18-23-19(21)24-20-22-16-7-3-4-8-17(16)26(18)20/h3-10,18H,11H2,1-2H3,(H3,21,22,23,24)/t18-/m1/s1. The average Bonchev–Trinajstić information content (AvgIpc) is 3.35. The average molecular weight is 360 g/mol. The number of nitrogens with one attached hydrogen (secondary N) is 1. The highest BCUT2D eigenvalue weighted by atomic mass is 16.3. The molecule has 1 atom stereocenters. The summed E-state index contributed by atoms with van der Waals surface area (Å²) in [4.78, 5) is 9.37. The van der Waals surface area contributed by atoms with Gasteiger partial charge >= 0.3 is 0 Å². The van der Waals surface area contributed by atoms with Crippen LogP contribution in [0.4, 0.5) is 5.95 Å². The summed E-state index contributed by atoms with van der Waals surface area (Å²) in [6, 6.07) is 14.1. The van der Waals surface area contributed by atoms with E-state index in [9.17, 15) is 0 Å². The number of hydrogen-bond donors (Lipinski definition) is 2. The lowest BCUT2D eigenvalue weighted by Gasteiger charge is -2.24. The van der Waals surface area contributed by atoms with Gasteiger partial charge < -0.3 is 14.7 Å². The molecular formula is C20H20N6O. The second-order valence-corrected chi connectivity index (χ2v) is 6.80. The minimum atomic E-state index is -0.259. The van der Waals surface area contributed by atoms with E-state index in [1.165, 1.54) is 0 Å². The first-order valence-corrected chi connectivity index (χ1v) is 8.88. The van der Waals surface area contributed by atoms with Gasteiger partial charge in [-0.15, -0.1) is 0 Å². The molecule has 27 heavy (non-hydrogen) atoms. The van der Waals surface area contributed by atoms with Crippen molar-refractivity contribution < 1.29 is 4.42 Å². The lowest BCUT2D eigenvalue weighted by Crippen LogP contribution is -2.31. The number of aryl methyl sites for hydroxylation is 1. The Morgan fingerprint density at radius 3 is 2.85 bits per heavy atom. The third kappa shape index (κ3) is 2.43. The van der Waals surface area contributed by atoms with E-state index in [1.807, 2.05) is 30.3 Å². The molecule has 0 unspecified atom stereocenters. The third-order valence-electron chi connectivity index (χ3n) is 5.13. The number of rotatable bonds is 3. The van der Waals surface area contributed by atoms with Crippen molar-refractivity contribution in [2.45, 2.75) is 26.6 Å². The molecule has 0 spiro atoms. The van der Waals surface area contributed by atoms with Gasteiger partial charge in [-0.2, -0.15) is 0 Å². The van der Waals surface area contributed by atoms with Crippen molar-refractivity contribution in [1.82, 2.24) is 14.1 Å². The Morgan fingerprint density at radius 2 is 2.04 bits per heavy atom. The predicted octanol–water partition coefficient (Wildman–Crippen LogP) is 3.38. The summed E-state index contributed by atoms with van der Waals surface area (Å²) in [5, 5.41) is 3.08. The van der Waals surface area contributed by atoms with Gasteiger partial charge in [-0.3, -0.25) is 9.88 Å². The van der Waals surface area contributed by atoms with Crippen molar-refractivity contribution in [2.24, 2.45) is 10.7 Å². The molecule has 0 amide bonds. The van der Waals surface area contributed by atoms with Gasteiger partial charge in [0, 0.05) is 17.0 Å². The Bertz CT molecular complexity index is 1160. The fourth-order valence-electron chi connectivity index (χ4n) is 3.82. The molecule has 7 heteroatoms. The second-order valence-electron chi connectivity index (χ2n) is 6.80. The maximum Gasteiger partial charge on any atom is 0.212 e. The molecule has 136 valence electrons. The number of hydrogen-bond acceptors (Lipinski definition) is 5. The second kappa shape index (κ2) is 5.77. The Labute approximate surface area is 156 Å². The first kappa shape index (κ1) is 15.7. The van der Waals surface area contributed by atoms with E-state index in [0.717, 1.165) is 33.7 Å². The summed E-state index contributed by atoms with van der Waals surface area (Å²) >= 11 is 0. The van der Waals surface area contributed by atoms with Crippen molar-refractivity contribution in [3.05, 3.63) is 71.4 Å². The monoisotopic (exact) mass is 360 g/mol. The van der Waals surface area contributed by atoms with Crippen molar-refractivity contribution in [3.8, 4) is 0 Å². The maximum absolute atomic E-state index is 6.07. The van der Waals surface area contributed by atoms with Crippen molar-refractivity contribution in [2.75, 3.05) is 5.32 Å². The summed E-state index contributed by atoms with van der Waals surface area (Å²) in [7, 11) is 0. The molecule has 7 nitrogen and oxygen atoms in total. The number of nitrogens with zero attached hydrogens (tertiary/aromatic N) is 4. The van der Waals surface area contributed by atoms with Crippen LogP contribution in [0.15, 0.2) is 58.1 Å². The van der Waals surface area contributed by atoms with E-state index in [0.29, 0.717) is 18.5 Å². The van der Waals surface area contributed by atoms with Crippen LogP contribution in [0.1, 0.15) is 28.9 Å². The molecule has 1 aliphatic heterocycles. The number of aromatic nitrogens is 3. The number of benzene rings is 1. The molecule has 3 N–H and O–H groups in total. The summed E-state index contributed by atoms with van der Waals surface area (Å²) in [6.45, 7) is 4.89. The van der Waals surface area contributed by atoms with Gasteiger partial charge in [0.1, 0.15) is 5.76 Å². The molecule has 0 bridgehead atoms. The fourth-order valence-corrected chi connectivity index (χ4v) is 3.82. The molecule has 5 rings (SSSR count). The van der Waals surface area contributed by atoms with Gasteiger partial charge in [0.2, 0.25) is 5.95 Å². The lowest BCUT2D eigenvalue weighted by atomic mass is 10.1. The van der Waals surface area contributed by atoms with Crippen molar-refractivity contribution >= 4 is 22.9 Å². The molecule has 0 aliphatic carbocycles. The van der Waals surface area contributed by atoms with Crippen molar-refractivity contribution in [1.29, 1.82) is 0 Å². The molecule has 3 aromatic heterocycles. The van der Waals surface area contributed by atoms with E-state index in [2.05, 4.69) is 45.4 Å². The summed E-state index contributed by atoms with van der Waals surface area (Å²) in [5.41, 5.74) is 11.4. The molecular weight excluding hydrogens is 340 g/mol. The smallest absolute Gasteiger partial charge is 0.212 e. The van der Waals surface area contributed by atoms with Gasteiger partial charge in [-0.1, -0.05) is 12.1 Å². The van der Waals surface area contributed by atoms with Gasteiger partial charge in [0.05, 0.1) is 23.8 Å². The van der Waals surface area contributed by atoms with E-state index in [4.69, 9.17) is 15.1 Å². The summed E-state index contributed by atoms with van der Waals surface area (Å²) < 4.78 is 9.87. The Hall–Kier alpha value is -3.48. The molecule has 0 saturated heterocycles. The van der Waals surface area contributed by atoms with Gasteiger partial charge in [0.25, 0.3) is 0 Å². The van der Waals surface area contributed by atoms with Crippen LogP contribution in [0.2, 0.25) is 0 Å². The van der Waals surface area contributed by atoms with E-state index >= 15 is 0 Å². The number of guanidine groups is 1. The first-order chi connectivity index (χ1) is 13.1. The van der Waals surface area contributed by atoms with Gasteiger partial charge in [-0.25, -0.2) is 9.98 Å². The van der Waals surface area contributed by atoms with Crippen LogP contribution >= 0.6 is 0 Å². The zero-order valence-electron chi connectivity index (χ0n) is 15.2. The molecule has 0 radical (unpaired) electrons. The molecule has 0 saturated carbocycles. The minimum absolute atomic E-state index is 0.259. The highest BCUT2D eigenvalue weighted by molar-refractivity contribution is 5.94. The van der Waals surface area contributed by atoms with Crippen LogP contribution in [-0.4, -0.2) is 20.1 Å². The number of fused-ring (bicyclic) bond motifs is 3. The molecule has 1 aromatic carbocycles. The highest BCUT2D eigenvalue weighted by Gasteiger charge is 2.28. The number of furan rings is 1. The molecule has 0 fully saturated rings. The molecule has 1 aliphatic rings. The van der Waals surface area contributed by atoms with E-state index < -0.39 is 0 Å². The largest absolute Gasteiger partial charge is 0.467 e. The number of para-hydroxylation sites is 2. The van der Waals surface area contributed by atoms with E-state index in [1.54, 1.807) is 6.26 Å². The van der Waals surface area contributed by atoms with Crippen LogP contribution in [0, 0.1) is 13.8 Å². The fraction of sp³-hybridized carbons (Fsp3) is 0.200. The first-order valence-electron chi connectivity index (χ1n) is 8.88. The van der Waals surface area contributed by atoms with Gasteiger partial charge in [0.15, 0.2) is 12.1 Å². The number of aliphatic imine (C=N–C) groups is 1. The quantitative estimate of drug-likeness (QED) is 0.586. The number of anilines is 1. The van der Waals surface area contributed by atoms with Crippen molar-refractivity contribution in [3.63, 3.8) is 0 Å². The third-order valence-corrected chi connectivity index (χ3v) is 5.13.